The lowest BCUT2D eigenvalue weighted by molar-refractivity contribution is -0.129. The first-order valence-electron chi connectivity index (χ1n) is 10.9. The number of carbonyl (C=O) groups is 2. The quantitative estimate of drug-likeness (QED) is 0.585. The van der Waals surface area contributed by atoms with Crippen molar-refractivity contribution in [2.24, 2.45) is 5.92 Å². The summed E-state index contributed by atoms with van der Waals surface area (Å²) >= 11 is 0. The van der Waals surface area contributed by atoms with Crippen LogP contribution in [0.4, 0.5) is 5.82 Å². The van der Waals surface area contributed by atoms with Gasteiger partial charge in [0, 0.05) is 32.9 Å². The number of nitrogens with one attached hydrogen (secondary N) is 3. The molecule has 1 aliphatic heterocycles. The largest absolute Gasteiger partial charge is 0.377 e. The van der Waals surface area contributed by atoms with Crippen molar-refractivity contribution in [3.8, 4) is 0 Å². The van der Waals surface area contributed by atoms with Crippen LogP contribution in [0.2, 0.25) is 0 Å². The van der Waals surface area contributed by atoms with E-state index in [1.807, 2.05) is 0 Å². The minimum atomic E-state index is -0.185. The molecular formula is C22H30N6O3. The fourth-order valence-corrected chi connectivity index (χ4v) is 4.52. The zero-order valence-electron chi connectivity index (χ0n) is 17.9. The fraction of sp³-hybridized carbons (Fsp3) is 0.545. The average molecular weight is 427 g/mol. The van der Waals surface area contributed by atoms with E-state index in [0.29, 0.717) is 54.5 Å². The summed E-state index contributed by atoms with van der Waals surface area (Å²) in [6.07, 6.45) is 10.0. The number of hydrogen-bond donors (Lipinski definition) is 3. The minimum Gasteiger partial charge on any atom is -0.377 e. The van der Waals surface area contributed by atoms with E-state index < -0.39 is 0 Å². The third kappa shape index (κ3) is 4.71. The van der Waals surface area contributed by atoms with Gasteiger partial charge in [0.25, 0.3) is 5.91 Å². The van der Waals surface area contributed by atoms with Gasteiger partial charge in [-0.15, -0.1) is 0 Å². The monoisotopic (exact) mass is 426 g/mol. The number of H-pyrrole nitrogens is 1. The molecule has 0 aromatic carbocycles. The predicted molar refractivity (Wildman–Crippen MR) is 118 cm³/mol. The Kier molecular flexibility index (Phi) is 6.50. The summed E-state index contributed by atoms with van der Waals surface area (Å²) in [4.78, 5) is 38.5. The first-order chi connectivity index (χ1) is 15.1. The number of aromatic nitrogens is 3. The summed E-state index contributed by atoms with van der Waals surface area (Å²) < 4.78 is 5.61. The Morgan fingerprint density at radius 1 is 1.35 bits per heavy atom. The topological polar surface area (TPSA) is 112 Å². The number of piperidine rings is 1. The van der Waals surface area contributed by atoms with Crippen LogP contribution in [0.5, 0.6) is 0 Å². The molecule has 9 heteroatoms. The van der Waals surface area contributed by atoms with Gasteiger partial charge < -0.3 is 25.3 Å². The van der Waals surface area contributed by atoms with Crippen LogP contribution in [0, 0.1) is 5.92 Å². The Bertz CT molecular complexity index is 952. The number of rotatable bonds is 7. The molecule has 0 unspecified atom stereocenters. The maximum Gasteiger partial charge on any atom is 0.255 e. The minimum absolute atomic E-state index is 0.0239. The molecule has 1 aliphatic carbocycles. The molecular weight excluding hydrogens is 396 g/mol. The molecule has 4 rings (SSSR count). The second-order valence-corrected chi connectivity index (χ2v) is 8.32. The van der Waals surface area contributed by atoms with Crippen LogP contribution in [0.3, 0.4) is 0 Å². The lowest BCUT2D eigenvalue weighted by Gasteiger charge is -2.37. The fourth-order valence-electron chi connectivity index (χ4n) is 4.52. The number of methoxy groups -OCH3 is 1. The van der Waals surface area contributed by atoms with E-state index in [9.17, 15) is 9.59 Å². The number of fused-ring (bicyclic) bond motifs is 1. The molecule has 1 saturated heterocycles. The van der Waals surface area contributed by atoms with E-state index in [1.54, 1.807) is 24.4 Å². The number of amides is 2. The molecule has 0 spiro atoms. The van der Waals surface area contributed by atoms with Gasteiger partial charge in [-0.05, 0) is 31.3 Å². The molecule has 2 amide bonds. The van der Waals surface area contributed by atoms with Gasteiger partial charge in [-0.1, -0.05) is 19.4 Å². The van der Waals surface area contributed by atoms with Crippen molar-refractivity contribution >= 4 is 28.8 Å². The molecule has 2 fully saturated rings. The van der Waals surface area contributed by atoms with Gasteiger partial charge in [-0.3, -0.25) is 9.59 Å². The molecule has 9 nitrogen and oxygen atoms in total. The summed E-state index contributed by atoms with van der Waals surface area (Å²) in [6.45, 7) is 5.34. The molecule has 2 aliphatic rings. The lowest BCUT2D eigenvalue weighted by atomic mass is 10.0. The summed E-state index contributed by atoms with van der Waals surface area (Å²) in [6, 6.07) is -0.0239. The van der Waals surface area contributed by atoms with E-state index in [2.05, 4.69) is 32.2 Å². The first kappa shape index (κ1) is 21.3. The smallest absolute Gasteiger partial charge is 0.255 e. The van der Waals surface area contributed by atoms with Gasteiger partial charge in [0.15, 0.2) is 5.65 Å². The van der Waals surface area contributed by atoms with Crippen molar-refractivity contribution in [3.63, 3.8) is 0 Å². The molecule has 2 atom stereocenters. The van der Waals surface area contributed by atoms with Gasteiger partial charge >= 0.3 is 0 Å². The van der Waals surface area contributed by atoms with E-state index in [0.717, 1.165) is 0 Å². The third-order valence-corrected chi connectivity index (χ3v) is 6.33. The van der Waals surface area contributed by atoms with Crippen LogP contribution in [0.1, 0.15) is 42.5 Å². The second-order valence-electron chi connectivity index (χ2n) is 8.32. The zero-order valence-corrected chi connectivity index (χ0v) is 17.9. The number of likely N-dealkylation sites (tertiary alicyclic amines) is 1. The number of ether oxygens (including phenoxy) is 1. The standard InChI is InChI=1S/C22H30N6O3/c1-3-19(29)28-9-8-16(17(13-28)31-2)26-18-12-24-21-20(27-18)15(11-23-21)22(30)25-10-14-6-4-5-7-14/h3,11-12,14,16-17H,1,4-10,13H2,2H3,(H,23,24)(H,25,30)(H,26,27)/t16-,17+/m0/s1. The average Bonchev–Trinajstić information content (AvgIpc) is 3.47. The highest BCUT2D eigenvalue weighted by atomic mass is 16.5. The number of nitrogens with zero attached hydrogens (tertiary/aromatic N) is 3. The van der Waals surface area contributed by atoms with Crippen molar-refractivity contribution < 1.29 is 14.3 Å². The molecule has 2 aromatic heterocycles. The highest BCUT2D eigenvalue weighted by Crippen LogP contribution is 2.24. The molecule has 166 valence electrons. The maximum atomic E-state index is 12.7. The van der Waals surface area contributed by atoms with Crippen molar-refractivity contribution in [2.75, 3.05) is 32.1 Å². The van der Waals surface area contributed by atoms with E-state index in [-0.39, 0.29) is 24.0 Å². The number of carbonyl (C=O) groups excluding carboxylic acids is 2. The van der Waals surface area contributed by atoms with E-state index in [4.69, 9.17) is 4.74 Å². The Morgan fingerprint density at radius 2 is 2.16 bits per heavy atom. The Labute approximate surface area is 181 Å². The van der Waals surface area contributed by atoms with Gasteiger partial charge in [-0.25, -0.2) is 9.97 Å². The number of hydrogen-bond acceptors (Lipinski definition) is 6. The lowest BCUT2D eigenvalue weighted by Crippen LogP contribution is -2.52. The maximum absolute atomic E-state index is 12.7. The van der Waals surface area contributed by atoms with Gasteiger partial charge in [0.05, 0.1) is 23.9 Å². The Morgan fingerprint density at radius 3 is 2.90 bits per heavy atom. The van der Waals surface area contributed by atoms with Crippen molar-refractivity contribution in [3.05, 3.63) is 30.6 Å². The van der Waals surface area contributed by atoms with Gasteiger partial charge in [0.1, 0.15) is 11.3 Å². The molecule has 1 saturated carbocycles. The third-order valence-electron chi connectivity index (χ3n) is 6.33. The normalized spacial score (nSPS) is 21.9. The Hall–Kier alpha value is -2.94. The summed E-state index contributed by atoms with van der Waals surface area (Å²) in [5, 5.41) is 6.42. The SMILES string of the molecule is C=CC(=O)N1CC[C@H](Nc2cnc3[nH]cc(C(=O)NCC4CCCC4)c3n2)[C@H](OC)C1. The number of anilines is 1. The van der Waals surface area contributed by atoms with Crippen LogP contribution in [-0.2, 0) is 9.53 Å². The molecule has 0 bridgehead atoms. The van der Waals surface area contributed by atoms with Gasteiger partial charge in [0.2, 0.25) is 5.91 Å². The number of aromatic amines is 1. The molecule has 3 heterocycles. The van der Waals surface area contributed by atoms with Crippen molar-refractivity contribution in [1.29, 1.82) is 0 Å². The van der Waals surface area contributed by atoms with Crippen molar-refractivity contribution in [1.82, 2.24) is 25.2 Å². The highest BCUT2D eigenvalue weighted by molar-refractivity contribution is 6.04. The first-order valence-corrected chi connectivity index (χ1v) is 10.9. The van der Waals surface area contributed by atoms with E-state index in [1.165, 1.54) is 31.8 Å². The van der Waals surface area contributed by atoms with E-state index >= 15 is 0 Å². The molecule has 0 radical (unpaired) electrons. The zero-order chi connectivity index (χ0) is 21.8. The summed E-state index contributed by atoms with van der Waals surface area (Å²) in [5.74, 6) is 0.924. The van der Waals surface area contributed by atoms with Crippen LogP contribution in [-0.4, -0.2) is 70.6 Å². The predicted octanol–water partition coefficient (Wildman–Crippen LogP) is 2.09. The van der Waals surface area contributed by atoms with Crippen molar-refractivity contribution in [2.45, 2.75) is 44.2 Å². The Balaban J connectivity index is 1.45. The second kappa shape index (κ2) is 9.47. The van der Waals surface area contributed by atoms with Crippen LogP contribution >= 0.6 is 0 Å². The van der Waals surface area contributed by atoms with Crippen LogP contribution < -0.4 is 10.6 Å². The van der Waals surface area contributed by atoms with Gasteiger partial charge in [-0.2, -0.15) is 0 Å². The molecule has 3 N–H and O–H groups in total. The highest BCUT2D eigenvalue weighted by Gasteiger charge is 2.31. The van der Waals surface area contributed by atoms with Crippen LogP contribution in [0.15, 0.2) is 25.0 Å². The van der Waals surface area contributed by atoms with Crippen LogP contribution in [0.25, 0.3) is 11.2 Å². The summed E-state index contributed by atoms with van der Waals surface area (Å²) in [7, 11) is 1.63. The molecule has 31 heavy (non-hydrogen) atoms. The molecule has 2 aromatic rings. The summed E-state index contributed by atoms with van der Waals surface area (Å²) in [5.41, 5.74) is 1.62.